The number of likely N-dealkylation sites (tertiary alicyclic amines) is 1. The van der Waals surface area contributed by atoms with Crippen molar-refractivity contribution in [3.05, 3.63) is 29.5 Å². The molecule has 1 saturated heterocycles. The Morgan fingerprint density at radius 1 is 1.47 bits per heavy atom. The molecule has 5 nitrogen and oxygen atoms in total. The zero-order chi connectivity index (χ0) is 13.6. The Morgan fingerprint density at radius 2 is 2.21 bits per heavy atom. The Hall–Kier alpha value is -2.01. The maximum absolute atomic E-state index is 12.2. The lowest BCUT2D eigenvalue weighted by molar-refractivity contribution is 0.00399. The summed E-state index contributed by atoms with van der Waals surface area (Å²) < 4.78 is 10.8. The third-order valence-corrected chi connectivity index (χ3v) is 3.49. The normalized spacial score (nSPS) is 15.6. The van der Waals surface area contributed by atoms with Gasteiger partial charge in [-0.3, -0.25) is 4.79 Å². The number of rotatable bonds is 2. The number of amides is 1. The van der Waals surface area contributed by atoms with Crippen LogP contribution in [0.3, 0.4) is 0 Å². The molecule has 3 rings (SSSR count). The topological polar surface area (TPSA) is 62.9 Å². The quantitative estimate of drug-likeness (QED) is 0.891. The van der Waals surface area contributed by atoms with Gasteiger partial charge in [0, 0.05) is 24.0 Å². The second-order valence-corrected chi connectivity index (χ2v) is 4.78. The number of carbonyl (C=O) groups is 1. The first-order chi connectivity index (χ1) is 9.10. The summed E-state index contributed by atoms with van der Waals surface area (Å²) in [5.74, 6) is 0.905. The predicted octanol–water partition coefficient (Wildman–Crippen LogP) is 1.57. The molecule has 2 heterocycles. The first kappa shape index (κ1) is 12.0. The molecule has 0 radical (unpaired) electrons. The van der Waals surface area contributed by atoms with E-state index in [0.29, 0.717) is 24.4 Å². The summed E-state index contributed by atoms with van der Waals surface area (Å²) in [5.41, 5.74) is 1.48. The summed E-state index contributed by atoms with van der Waals surface area (Å²) in [4.78, 5) is 13.8. The maximum Gasteiger partial charge on any atom is 0.290 e. The van der Waals surface area contributed by atoms with E-state index in [1.165, 1.54) is 0 Å². The molecule has 0 aliphatic carbocycles. The van der Waals surface area contributed by atoms with Crippen LogP contribution in [0, 0.1) is 6.92 Å². The van der Waals surface area contributed by atoms with Crippen LogP contribution in [-0.2, 0) is 0 Å². The van der Waals surface area contributed by atoms with Gasteiger partial charge in [-0.2, -0.15) is 0 Å². The summed E-state index contributed by atoms with van der Waals surface area (Å²) in [7, 11) is 1.60. The Bertz CT molecular complexity index is 640. The van der Waals surface area contributed by atoms with Crippen LogP contribution < -0.4 is 4.74 Å². The Morgan fingerprint density at radius 3 is 2.84 bits per heavy atom. The van der Waals surface area contributed by atoms with E-state index in [1.807, 2.05) is 13.0 Å². The molecule has 1 aliphatic rings. The molecule has 1 fully saturated rings. The van der Waals surface area contributed by atoms with E-state index in [4.69, 9.17) is 9.15 Å². The molecule has 0 spiro atoms. The summed E-state index contributed by atoms with van der Waals surface area (Å²) in [6.45, 7) is 2.60. The number of aliphatic hydroxyl groups is 1. The molecule has 0 unspecified atom stereocenters. The minimum Gasteiger partial charge on any atom is -0.497 e. The van der Waals surface area contributed by atoms with Gasteiger partial charge < -0.3 is 19.2 Å². The van der Waals surface area contributed by atoms with Crippen molar-refractivity contribution in [3.63, 3.8) is 0 Å². The highest BCUT2D eigenvalue weighted by Crippen LogP contribution is 2.30. The number of ether oxygens (including phenoxy) is 1. The van der Waals surface area contributed by atoms with Crippen molar-refractivity contribution in [1.29, 1.82) is 0 Å². The number of nitrogens with zero attached hydrogens (tertiary/aromatic N) is 1. The highest BCUT2D eigenvalue weighted by atomic mass is 16.5. The molecule has 0 atom stereocenters. The SMILES string of the molecule is COc1ccc2oc(C(=O)N3CC(O)C3)c(C)c2c1. The number of hydrogen-bond donors (Lipinski definition) is 1. The summed E-state index contributed by atoms with van der Waals surface area (Å²) in [5, 5.41) is 10.1. The predicted molar refractivity (Wildman–Crippen MR) is 69.4 cm³/mol. The highest BCUT2D eigenvalue weighted by Gasteiger charge is 2.32. The molecule has 1 aromatic carbocycles. The lowest BCUT2D eigenvalue weighted by Crippen LogP contribution is -2.53. The van der Waals surface area contributed by atoms with Gasteiger partial charge in [0.15, 0.2) is 5.76 Å². The van der Waals surface area contributed by atoms with Gasteiger partial charge in [-0.15, -0.1) is 0 Å². The molecule has 19 heavy (non-hydrogen) atoms. The molecule has 5 heteroatoms. The van der Waals surface area contributed by atoms with Crippen molar-refractivity contribution in [2.45, 2.75) is 13.0 Å². The number of carbonyl (C=O) groups excluding carboxylic acids is 1. The molecular formula is C14H15NO4. The Labute approximate surface area is 110 Å². The van der Waals surface area contributed by atoms with E-state index in [0.717, 1.165) is 16.7 Å². The molecule has 1 aromatic heterocycles. The molecular weight excluding hydrogens is 246 g/mol. The van der Waals surface area contributed by atoms with E-state index in [2.05, 4.69) is 0 Å². The summed E-state index contributed by atoms with van der Waals surface area (Å²) >= 11 is 0. The van der Waals surface area contributed by atoms with Crippen LogP contribution in [0.5, 0.6) is 5.75 Å². The minimum absolute atomic E-state index is 0.169. The van der Waals surface area contributed by atoms with Gasteiger partial charge in [0.2, 0.25) is 0 Å². The van der Waals surface area contributed by atoms with Crippen molar-refractivity contribution in [2.75, 3.05) is 20.2 Å². The van der Waals surface area contributed by atoms with Crippen LogP contribution in [-0.4, -0.2) is 42.2 Å². The van der Waals surface area contributed by atoms with Gasteiger partial charge in [0.1, 0.15) is 11.3 Å². The van der Waals surface area contributed by atoms with Crippen molar-refractivity contribution in [2.24, 2.45) is 0 Å². The van der Waals surface area contributed by atoms with Crippen molar-refractivity contribution >= 4 is 16.9 Å². The summed E-state index contributed by atoms with van der Waals surface area (Å²) in [6, 6.07) is 5.45. The number of hydrogen-bond acceptors (Lipinski definition) is 4. The third-order valence-electron chi connectivity index (χ3n) is 3.49. The largest absolute Gasteiger partial charge is 0.497 e. The fraction of sp³-hybridized carbons (Fsp3) is 0.357. The van der Waals surface area contributed by atoms with Crippen molar-refractivity contribution < 1.29 is 19.1 Å². The number of methoxy groups -OCH3 is 1. The second-order valence-electron chi connectivity index (χ2n) is 4.78. The van der Waals surface area contributed by atoms with Gasteiger partial charge in [-0.1, -0.05) is 0 Å². The standard InChI is InChI=1S/C14H15NO4/c1-8-11-5-10(18-2)3-4-12(11)19-13(8)14(17)15-6-9(16)7-15/h3-5,9,16H,6-7H2,1-2H3. The van der Waals surface area contributed by atoms with Crippen LogP contribution in [0.1, 0.15) is 16.1 Å². The zero-order valence-corrected chi connectivity index (χ0v) is 10.8. The first-order valence-electron chi connectivity index (χ1n) is 6.14. The van der Waals surface area contributed by atoms with E-state index < -0.39 is 6.10 Å². The molecule has 100 valence electrons. The summed E-state index contributed by atoms with van der Waals surface area (Å²) in [6.07, 6.45) is -0.409. The fourth-order valence-corrected chi connectivity index (χ4v) is 2.30. The van der Waals surface area contributed by atoms with E-state index >= 15 is 0 Å². The first-order valence-corrected chi connectivity index (χ1v) is 6.14. The van der Waals surface area contributed by atoms with Crippen LogP contribution in [0.15, 0.2) is 22.6 Å². The Kier molecular flexibility index (Phi) is 2.71. The van der Waals surface area contributed by atoms with Gasteiger partial charge in [0.05, 0.1) is 13.2 Å². The van der Waals surface area contributed by atoms with Crippen LogP contribution in [0.2, 0.25) is 0 Å². The van der Waals surface area contributed by atoms with Gasteiger partial charge in [-0.05, 0) is 25.1 Å². The molecule has 0 saturated carbocycles. The third kappa shape index (κ3) is 1.86. The van der Waals surface area contributed by atoms with Crippen molar-refractivity contribution in [1.82, 2.24) is 4.90 Å². The lowest BCUT2D eigenvalue weighted by atomic mass is 10.1. The average molecular weight is 261 g/mol. The van der Waals surface area contributed by atoms with E-state index in [1.54, 1.807) is 24.1 Å². The number of β-amino-alcohol motifs (C(OH)–C–C–N with tert-alkyl or cyclic N) is 1. The molecule has 1 N–H and O–H groups in total. The number of aliphatic hydroxyl groups excluding tert-OH is 1. The molecule has 2 aromatic rings. The van der Waals surface area contributed by atoms with Crippen molar-refractivity contribution in [3.8, 4) is 5.75 Å². The van der Waals surface area contributed by atoms with Gasteiger partial charge in [-0.25, -0.2) is 0 Å². The molecule has 0 bridgehead atoms. The van der Waals surface area contributed by atoms with Crippen LogP contribution in [0.25, 0.3) is 11.0 Å². The van der Waals surface area contributed by atoms with Gasteiger partial charge in [0.25, 0.3) is 5.91 Å². The average Bonchev–Trinajstić information content (AvgIpc) is 2.71. The number of furan rings is 1. The van der Waals surface area contributed by atoms with Crippen LogP contribution >= 0.6 is 0 Å². The van der Waals surface area contributed by atoms with Crippen LogP contribution in [0.4, 0.5) is 0 Å². The zero-order valence-electron chi connectivity index (χ0n) is 10.8. The van der Waals surface area contributed by atoms with E-state index in [9.17, 15) is 9.90 Å². The molecule has 1 aliphatic heterocycles. The van der Waals surface area contributed by atoms with E-state index in [-0.39, 0.29) is 5.91 Å². The Balaban J connectivity index is 2.00. The fourth-order valence-electron chi connectivity index (χ4n) is 2.30. The number of fused-ring (bicyclic) bond motifs is 1. The number of aryl methyl sites for hydroxylation is 1. The highest BCUT2D eigenvalue weighted by molar-refractivity contribution is 5.99. The lowest BCUT2D eigenvalue weighted by Gasteiger charge is -2.35. The smallest absolute Gasteiger partial charge is 0.290 e. The maximum atomic E-state index is 12.2. The second kappa shape index (κ2) is 4.28. The monoisotopic (exact) mass is 261 g/mol. The minimum atomic E-state index is -0.409. The number of benzene rings is 1. The van der Waals surface area contributed by atoms with Gasteiger partial charge >= 0.3 is 0 Å². The molecule has 1 amide bonds.